The molecule has 1 aliphatic rings. The van der Waals surface area contributed by atoms with Crippen LogP contribution in [0.15, 0.2) is 11.9 Å². The second-order valence-corrected chi connectivity index (χ2v) is 9.20. The summed E-state index contributed by atoms with van der Waals surface area (Å²) in [5.41, 5.74) is 1.04. The third-order valence-electron chi connectivity index (χ3n) is 3.62. The van der Waals surface area contributed by atoms with Gasteiger partial charge in [0.25, 0.3) is 0 Å². The van der Waals surface area contributed by atoms with Crippen LogP contribution in [0.1, 0.15) is 33.1 Å². The second kappa shape index (κ2) is 3.27. The maximum atomic E-state index is 4.17. The summed E-state index contributed by atoms with van der Waals surface area (Å²) < 4.78 is 0. The molecule has 0 amide bonds. The summed E-state index contributed by atoms with van der Waals surface area (Å²) in [5.74, 6) is 0. The fourth-order valence-electron chi connectivity index (χ4n) is 2.45. The monoisotopic (exact) mass is 172 g/mol. The van der Waals surface area contributed by atoms with E-state index >= 15 is 0 Å². The third-order valence-corrected chi connectivity index (χ3v) is 9.46. The first-order chi connectivity index (χ1) is 5.11. The molecule has 11 heavy (non-hydrogen) atoms. The molecule has 0 spiro atoms. The average Bonchev–Trinajstić information content (AvgIpc) is 2.32. The summed E-state index contributed by atoms with van der Waals surface area (Å²) in [6.45, 7) is 11.3. The van der Waals surface area contributed by atoms with Gasteiger partial charge in [-0.2, -0.15) is 0 Å². The van der Waals surface area contributed by atoms with Gasteiger partial charge in [0.1, 0.15) is 0 Å². The Morgan fingerprint density at radius 1 is 1.64 bits per heavy atom. The van der Waals surface area contributed by atoms with E-state index in [1.807, 2.05) is 0 Å². The van der Waals surface area contributed by atoms with Crippen LogP contribution in [0.5, 0.6) is 0 Å². The molecule has 0 unspecified atom stereocenters. The van der Waals surface area contributed by atoms with Crippen molar-refractivity contribution in [2.75, 3.05) is 12.8 Å². The van der Waals surface area contributed by atoms with Gasteiger partial charge in [0, 0.05) is 0 Å². The summed E-state index contributed by atoms with van der Waals surface area (Å²) in [7, 11) is -0.987. The summed E-state index contributed by atoms with van der Waals surface area (Å²) in [4.78, 5) is 0. The van der Waals surface area contributed by atoms with Gasteiger partial charge in [0.05, 0.1) is 0 Å². The fourth-order valence-corrected chi connectivity index (χ4v) is 6.67. The molecule has 0 saturated carbocycles. The number of allylic oxidation sites excluding steroid dienone is 1. The Morgan fingerprint density at radius 3 is 2.64 bits per heavy atom. The zero-order valence-electron chi connectivity index (χ0n) is 8.11. The van der Waals surface area contributed by atoms with Crippen molar-refractivity contribution in [2.24, 2.45) is 0 Å². The Morgan fingerprint density at radius 2 is 2.27 bits per heavy atom. The van der Waals surface area contributed by atoms with Crippen molar-refractivity contribution in [3.05, 3.63) is 11.9 Å². The van der Waals surface area contributed by atoms with Crippen molar-refractivity contribution in [3.63, 3.8) is 0 Å². The van der Waals surface area contributed by atoms with Crippen molar-refractivity contribution in [1.29, 1.82) is 0 Å². The molecule has 0 aromatic rings. The molecule has 0 aromatic carbocycles. The van der Waals surface area contributed by atoms with Crippen LogP contribution in [0, 0.1) is 0 Å². The normalized spacial score (nSPS) is 31.7. The first kappa shape index (κ1) is 9.26. The van der Waals surface area contributed by atoms with E-state index in [0.29, 0.717) is 0 Å². The van der Waals surface area contributed by atoms with E-state index in [0.717, 1.165) is 5.66 Å². The molecular weight excluding hydrogens is 151 g/mol. The minimum absolute atomic E-state index is 0.987. The van der Waals surface area contributed by atoms with Crippen molar-refractivity contribution in [1.82, 2.24) is 0 Å². The summed E-state index contributed by atoms with van der Waals surface area (Å²) >= 11 is 0. The predicted octanol–water partition coefficient (Wildman–Crippen LogP) is 3.47. The van der Waals surface area contributed by atoms with Crippen LogP contribution in [-0.2, 0) is 0 Å². The van der Waals surface area contributed by atoms with E-state index in [1.165, 1.54) is 30.7 Å². The molecule has 66 valence electrons. The number of hydrogen-bond donors (Lipinski definition) is 0. The number of hydrogen-bond acceptors (Lipinski definition) is 0. The predicted molar refractivity (Wildman–Crippen MR) is 57.2 cm³/mol. The van der Waals surface area contributed by atoms with Gasteiger partial charge in [-0.1, -0.05) is 0 Å². The van der Waals surface area contributed by atoms with Crippen molar-refractivity contribution in [2.45, 2.75) is 38.8 Å². The molecule has 1 rings (SSSR count). The molecule has 1 fully saturated rings. The Hall–Kier alpha value is 0.170. The standard InChI is InChI=1S/C10H21P/c1-5-10-7-6-8-11(10,4)9(2)3/h10-11H,2,5-8H2,1,3-4H3/t10-/m1/s1. The minimum atomic E-state index is -0.987. The van der Waals surface area contributed by atoms with Crippen molar-refractivity contribution in [3.8, 4) is 0 Å². The Bertz CT molecular complexity index is 162. The quantitative estimate of drug-likeness (QED) is 0.559. The fraction of sp³-hybridized carbons (Fsp3) is 0.800. The van der Waals surface area contributed by atoms with E-state index in [1.54, 1.807) is 0 Å². The molecule has 0 aliphatic carbocycles. The van der Waals surface area contributed by atoms with Crippen LogP contribution in [-0.4, -0.2) is 18.5 Å². The van der Waals surface area contributed by atoms with E-state index < -0.39 is 7.26 Å². The van der Waals surface area contributed by atoms with Gasteiger partial charge in [-0.05, 0) is 0 Å². The summed E-state index contributed by atoms with van der Waals surface area (Å²) in [6.07, 6.45) is 5.83. The van der Waals surface area contributed by atoms with Gasteiger partial charge in [0.2, 0.25) is 0 Å². The van der Waals surface area contributed by atoms with E-state index in [-0.39, 0.29) is 0 Å². The molecule has 1 atom stereocenters. The van der Waals surface area contributed by atoms with E-state index in [2.05, 4.69) is 27.1 Å². The summed E-state index contributed by atoms with van der Waals surface area (Å²) in [6, 6.07) is 0. The van der Waals surface area contributed by atoms with Gasteiger partial charge in [0.15, 0.2) is 0 Å². The molecule has 0 radical (unpaired) electrons. The molecule has 0 N–H and O–H groups in total. The van der Waals surface area contributed by atoms with E-state index in [4.69, 9.17) is 0 Å². The van der Waals surface area contributed by atoms with Crippen LogP contribution in [0.2, 0.25) is 0 Å². The van der Waals surface area contributed by atoms with E-state index in [9.17, 15) is 0 Å². The Kier molecular flexibility index (Phi) is 2.75. The molecule has 0 aromatic heterocycles. The topological polar surface area (TPSA) is 0 Å². The first-order valence-electron chi connectivity index (χ1n) is 4.77. The van der Waals surface area contributed by atoms with Crippen LogP contribution in [0.3, 0.4) is 0 Å². The molecular formula is C10H21P. The maximum absolute atomic E-state index is 4.17. The Labute approximate surface area is 71.4 Å². The van der Waals surface area contributed by atoms with Gasteiger partial charge in [-0.25, -0.2) is 0 Å². The van der Waals surface area contributed by atoms with Gasteiger partial charge in [-0.3, -0.25) is 0 Å². The molecule has 1 heterocycles. The van der Waals surface area contributed by atoms with Crippen molar-refractivity contribution < 1.29 is 0 Å². The molecule has 0 nitrogen and oxygen atoms in total. The van der Waals surface area contributed by atoms with Crippen molar-refractivity contribution >= 4 is 7.26 Å². The molecule has 1 heteroatoms. The zero-order valence-corrected chi connectivity index (χ0v) is 9.11. The molecule has 1 saturated heterocycles. The first-order valence-corrected chi connectivity index (χ1v) is 7.55. The second-order valence-electron chi connectivity index (χ2n) is 4.20. The molecule has 0 bridgehead atoms. The zero-order chi connectivity index (χ0) is 8.48. The molecule has 1 aliphatic heterocycles. The van der Waals surface area contributed by atoms with Gasteiger partial charge in [-0.15, -0.1) is 0 Å². The van der Waals surface area contributed by atoms with Gasteiger partial charge < -0.3 is 0 Å². The van der Waals surface area contributed by atoms with Gasteiger partial charge >= 0.3 is 70.8 Å². The summed E-state index contributed by atoms with van der Waals surface area (Å²) in [5, 5.41) is 1.53. The SMILES string of the molecule is C=C(C)[PH]1(C)CCC[C@H]1CC. The third kappa shape index (κ3) is 1.51. The van der Waals surface area contributed by atoms with Crippen LogP contribution < -0.4 is 0 Å². The average molecular weight is 172 g/mol. The van der Waals surface area contributed by atoms with Crippen LogP contribution in [0.25, 0.3) is 0 Å². The number of rotatable bonds is 2. The van der Waals surface area contributed by atoms with Crippen LogP contribution in [0.4, 0.5) is 0 Å². The van der Waals surface area contributed by atoms with Crippen LogP contribution >= 0.6 is 7.26 Å². The Balaban J connectivity index is 2.75.